The van der Waals surface area contributed by atoms with Crippen molar-refractivity contribution in [3.05, 3.63) is 46.4 Å². The molecule has 0 aliphatic rings. The number of aromatic nitrogens is 1. The molecule has 0 unspecified atom stereocenters. The zero-order valence-corrected chi connectivity index (χ0v) is 20.6. The van der Waals surface area contributed by atoms with Gasteiger partial charge in [0.15, 0.2) is 0 Å². The fourth-order valence-electron chi connectivity index (χ4n) is 4.20. The third-order valence-electron chi connectivity index (χ3n) is 5.76. The topological polar surface area (TPSA) is 56.6 Å². The number of nitrogens with zero attached hydrogens (tertiary/aromatic N) is 1. The molecule has 1 N–H and O–H groups in total. The summed E-state index contributed by atoms with van der Waals surface area (Å²) in [5, 5.41) is 13.8. The van der Waals surface area contributed by atoms with Crippen LogP contribution in [0.15, 0.2) is 25.3 Å². The van der Waals surface area contributed by atoms with Crippen molar-refractivity contribution in [1.29, 1.82) is 5.26 Å². The Morgan fingerprint density at radius 2 is 1.38 bits per heavy atom. The first-order valence-corrected chi connectivity index (χ1v) is 12.3. The summed E-state index contributed by atoms with van der Waals surface area (Å²) < 4.78 is 0. The average Bonchev–Trinajstić information content (AvgIpc) is 3.11. The van der Waals surface area contributed by atoms with E-state index in [0.29, 0.717) is 12.8 Å². The molecule has 174 valence electrons. The number of hydrogen-bond donors (Lipinski definition) is 1. The lowest BCUT2D eigenvalue weighted by Gasteiger charge is -2.06. The van der Waals surface area contributed by atoms with Crippen molar-refractivity contribution in [2.45, 2.75) is 97.8 Å². The quantitative estimate of drug-likeness (QED) is 0.391. The summed E-state index contributed by atoms with van der Waals surface area (Å²) in [4.78, 5) is 15.2. The van der Waals surface area contributed by atoms with Crippen molar-refractivity contribution in [1.82, 2.24) is 4.98 Å². The summed E-state index contributed by atoms with van der Waals surface area (Å²) in [5.41, 5.74) is 2.81. The zero-order chi connectivity index (χ0) is 23.8. The van der Waals surface area contributed by atoms with Crippen LogP contribution in [-0.4, -0.2) is 10.8 Å². The van der Waals surface area contributed by atoms with Crippen LogP contribution in [0.2, 0.25) is 0 Å². The highest BCUT2D eigenvalue weighted by atomic mass is 16.1. The van der Waals surface area contributed by atoms with Crippen molar-refractivity contribution < 1.29 is 4.79 Å². The summed E-state index contributed by atoms with van der Waals surface area (Å²) in [5.74, 6) is 0.266. The Bertz CT molecular complexity index is 1030. The molecular formula is C29H42N2O. The Morgan fingerprint density at radius 1 is 0.844 bits per heavy atom. The number of unbranched alkanes of at least 4 members (excludes halogenated alkanes) is 3. The van der Waals surface area contributed by atoms with Gasteiger partial charge in [-0.1, -0.05) is 64.2 Å². The number of rotatable bonds is 15. The minimum absolute atomic E-state index is 0.266. The predicted octanol–water partition coefficient (Wildman–Crippen LogP) is 5.08. The van der Waals surface area contributed by atoms with Gasteiger partial charge in [-0.05, 0) is 69.4 Å². The molecule has 0 amide bonds. The molecule has 3 heteroatoms. The van der Waals surface area contributed by atoms with Gasteiger partial charge in [0.2, 0.25) is 0 Å². The summed E-state index contributed by atoms with van der Waals surface area (Å²) in [6.45, 7) is 14.0. The Hall–Kier alpha value is -2.60. The zero-order valence-electron chi connectivity index (χ0n) is 20.6. The molecule has 0 aromatic carbocycles. The predicted molar refractivity (Wildman–Crippen MR) is 138 cm³/mol. The minimum Gasteiger partial charge on any atom is -0.355 e. The number of nitriles is 1. The van der Waals surface area contributed by atoms with Gasteiger partial charge in [0.1, 0.15) is 5.78 Å². The van der Waals surface area contributed by atoms with Crippen molar-refractivity contribution in [3.63, 3.8) is 0 Å². The van der Waals surface area contributed by atoms with E-state index in [2.05, 4.69) is 50.2 Å². The molecule has 0 saturated carbocycles. The summed E-state index contributed by atoms with van der Waals surface area (Å²) >= 11 is 0. The van der Waals surface area contributed by atoms with Gasteiger partial charge < -0.3 is 9.78 Å². The van der Waals surface area contributed by atoms with Crippen LogP contribution in [0.3, 0.4) is 0 Å². The second kappa shape index (κ2) is 16.1. The fourth-order valence-corrected chi connectivity index (χ4v) is 4.20. The molecule has 1 heterocycles. The third-order valence-corrected chi connectivity index (χ3v) is 5.76. The van der Waals surface area contributed by atoms with Crippen LogP contribution >= 0.6 is 0 Å². The number of Topliss-reactive ketones (excluding diaryl/α,β-unsaturated/α-hetero) is 1. The van der Waals surface area contributed by atoms with Gasteiger partial charge in [0.25, 0.3) is 0 Å². The van der Waals surface area contributed by atoms with Crippen LogP contribution in [-0.2, 0) is 4.79 Å². The molecule has 0 radical (unpaired) electrons. The number of hydrogen-bond acceptors (Lipinski definition) is 2. The maximum Gasteiger partial charge on any atom is 0.129 e. The van der Waals surface area contributed by atoms with E-state index in [9.17, 15) is 4.79 Å². The van der Waals surface area contributed by atoms with E-state index in [-0.39, 0.29) is 5.78 Å². The second-order valence-corrected chi connectivity index (χ2v) is 8.49. The number of nitrogens with one attached hydrogen (secondary N) is 1. The number of carbonyl (C=O) groups excluding carboxylic acids is 1. The molecule has 1 aromatic rings. The fraction of sp³-hybridized carbons (Fsp3) is 0.517. The monoisotopic (exact) mass is 434 g/mol. The van der Waals surface area contributed by atoms with Crippen LogP contribution in [0, 0.1) is 11.3 Å². The normalized spacial score (nSPS) is 14.2. The van der Waals surface area contributed by atoms with Gasteiger partial charge in [0.05, 0.1) is 6.07 Å². The first-order valence-electron chi connectivity index (χ1n) is 12.3. The molecule has 3 nitrogen and oxygen atoms in total. The second-order valence-electron chi connectivity index (χ2n) is 8.49. The Labute approximate surface area is 194 Å². The smallest absolute Gasteiger partial charge is 0.129 e. The summed E-state index contributed by atoms with van der Waals surface area (Å²) in [7, 11) is 0. The average molecular weight is 435 g/mol. The maximum atomic E-state index is 11.4. The molecule has 0 fully saturated rings. The van der Waals surface area contributed by atoms with Crippen LogP contribution in [0.4, 0.5) is 0 Å². The van der Waals surface area contributed by atoms with Crippen molar-refractivity contribution >= 4 is 29.1 Å². The first kappa shape index (κ1) is 27.4. The van der Waals surface area contributed by atoms with Gasteiger partial charge in [-0.25, -0.2) is 0 Å². The van der Waals surface area contributed by atoms with Crippen LogP contribution in [0.5, 0.6) is 0 Å². The molecule has 0 aliphatic carbocycles. The molecule has 0 spiro atoms. The standard InChI is InChI=1S/C29H42N2O/c1-6-10-19-25(20-12-11-18-23(5)32)29-27(17-9-4)26(16-8-3)28(31-29)24(15-7-2)21-13-14-22-30/h8-9,16-17,31H,3-4,6-7,10-15,18-21H2,1-2,5H3/b26-16+,27-17?,28-24+,29-25-. The van der Waals surface area contributed by atoms with E-state index in [4.69, 9.17) is 5.26 Å². The highest BCUT2D eigenvalue weighted by molar-refractivity contribution is 5.75. The first-order chi connectivity index (χ1) is 15.5. The van der Waals surface area contributed by atoms with E-state index in [1.807, 2.05) is 12.2 Å². The molecule has 1 aromatic heterocycles. The molecule has 1 rings (SSSR count). The van der Waals surface area contributed by atoms with E-state index < -0.39 is 0 Å². The van der Waals surface area contributed by atoms with Gasteiger partial charge in [0, 0.05) is 34.0 Å². The van der Waals surface area contributed by atoms with Crippen LogP contribution < -0.4 is 21.1 Å². The Morgan fingerprint density at radius 3 is 1.88 bits per heavy atom. The lowest BCUT2D eigenvalue weighted by Crippen LogP contribution is -2.38. The number of carbonyl (C=O) groups is 1. The highest BCUT2D eigenvalue weighted by Gasteiger charge is 2.08. The largest absolute Gasteiger partial charge is 0.355 e. The molecule has 32 heavy (non-hydrogen) atoms. The van der Waals surface area contributed by atoms with Crippen molar-refractivity contribution in [2.75, 3.05) is 0 Å². The molecule has 0 saturated heterocycles. The van der Waals surface area contributed by atoms with Gasteiger partial charge >= 0.3 is 0 Å². The van der Waals surface area contributed by atoms with E-state index in [1.165, 1.54) is 32.3 Å². The number of H-pyrrole nitrogens is 1. The minimum atomic E-state index is 0.266. The lowest BCUT2D eigenvalue weighted by atomic mass is 10.00. The Kier molecular flexibility index (Phi) is 13.8. The number of ketones is 1. The molecular weight excluding hydrogens is 392 g/mol. The maximum absolute atomic E-state index is 11.4. The lowest BCUT2D eigenvalue weighted by molar-refractivity contribution is -0.117. The SMILES string of the molecule is C=CC=c1/c(=C(\CCCC)CCCCC(C)=O)[nH]c(=C(\CCC)CCCC#N)/c1=C/C=C. The summed E-state index contributed by atoms with van der Waals surface area (Å²) in [6.07, 6.45) is 19.4. The molecule has 0 atom stereocenters. The van der Waals surface area contributed by atoms with Gasteiger partial charge in [-0.15, -0.1) is 0 Å². The van der Waals surface area contributed by atoms with Crippen molar-refractivity contribution in [3.8, 4) is 6.07 Å². The molecule has 0 bridgehead atoms. The van der Waals surface area contributed by atoms with Crippen molar-refractivity contribution in [2.24, 2.45) is 0 Å². The van der Waals surface area contributed by atoms with Gasteiger partial charge in [-0.2, -0.15) is 5.26 Å². The third kappa shape index (κ3) is 8.87. The van der Waals surface area contributed by atoms with E-state index >= 15 is 0 Å². The highest BCUT2D eigenvalue weighted by Crippen LogP contribution is 2.15. The Balaban J connectivity index is 3.83. The number of aromatic amines is 1. The number of allylic oxidation sites excluding steroid dienone is 2. The van der Waals surface area contributed by atoms with Crippen LogP contribution in [0.1, 0.15) is 97.8 Å². The van der Waals surface area contributed by atoms with Crippen LogP contribution in [0.25, 0.3) is 23.3 Å². The van der Waals surface area contributed by atoms with E-state index in [0.717, 1.165) is 64.2 Å². The summed E-state index contributed by atoms with van der Waals surface area (Å²) in [6, 6.07) is 2.28. The van der Waals surface area contributed by atoms with Gasteiger partial charge in [-0.3, -0.25) is 0 Å². The van der Waals surface area contributed by atoms with E-state index in [1.54, 1.807) is 6.92 Å². The molecule has 0 aliphatic heterocycles.